The SMILES string of the molecule is O=C(c1cn(C[C@@H]2CCCN2C(=O)CC2CC2)nn1)N1CCc2ccccc2C1. The Kier molecular flexibility index (Phi) is 4.81. The van der Waals surface area contributed by atoms with Crippen LogP contribution in [-0.2, 0) is 24.3 Å². The number of carbonyl (C=O) groups is 2. The van der Waals surface area contributed by atoms with Gasteiger partial charge in [0.1, 0.15) is 0 Å². The molecule has 3 heterocycles. The minimum Gasteiger partial charge on any atom is -0.338 e. The molecule has 0 unspecified atom stereocenters. The third-order valence-electron chi connectivity index (χ3n) is 6.43. The number of aromatic nitrogens is 3. The molecule has 1 aliphatic carbocycles. The van der Waals surface area contributed by atoms with Crippen molar-refractivity contribution in [3.63, 3.8) is 0 Å². The van der Waals surface area contributed by atoms with Gasteiger partial charge in [-0.15, -0.1) is 5.10 Å². The first-order valence-corrected chi connectivity index (χ1v) is 10.7. The molecule has 2 fully saturated rings. The molecule has 29 heavy (non-hydrogen) atoms. The van der Waals surface area contributed by atoms with Gasteiger partial charge in [-0.05, 0) is 49.1 Å². The number of fused-ring (bicyclic) bond motifs is 1. The van der Waals surface area contributed by atoms with Gasteiger partial charge in [-0.3, -0.25) is 9.59 Å². The molecule has 7 nitrogen and oxygen atoms in total. The molecule has 0 bridgehead atoms. The predicted octanol–water partition coefficient (Wildman–Crippen LogP) is 2.27. The maximum absolute atomic E-state index is 12.9. The third kappa shape index (κ3) is 3.91. The Bertz CT molecular complexity index is 919. The Hall–Kier alpha value is -2.70. The van der Waals surface area contributed by atoms with Gasteiger partial charge in [0.25, 0.3) is 5.91 Å². The van der Waals surface area contributed by atoms with Gasteiger partial charge in [0.2, 0.25) is 5.91 Å². The van der Waals surface area contributed by atoms with E-state index in [0.29, 0.717) is 37.7 Å². The summed E-state index contributed by atoms with van der Waals surface area (Å²) in [7, 11) is 0. The van der Waals surface area contributed by atoms with Crippen molar-refractivity contribution in [2.45, 2.75) is 57.7 Å². The predicted molar refractivity (Wildman–Crippen MR) is 107 cm³/mol. The third-order valence-corrected chi connectivity index (χ3v) is 6.43. The zero-order valence-corrected chi connectivity index (χ0v) is 16.7. The molecule has 0 spiro atoms. The second-order valence-corrected chi connectivity index (χ2v) is 8.60. The Morgan fingerprint density at radius 1 is 1.07 bits per heavy atom. The van der Waals surface area contributed by atoms with Gasteiger partial charge in [0, 0.05) is 26.1 Å². The molecule has 2 amide bonds. The van der Waals surface area contributed by atoms with Gasteiger partial charge in [-0.2, -0.15) is 0 Å². The fourth-order valence-corrected chi connectivity index (χ4v) is 4.57. The summed E-state index contributed by atoms with van der Waals surface area (Å²) in [4.78, 5) is 29.3. The quantitative estimate of drug-likeness (QED) is 0.781. The standard InChI is InChI=1S/C22H27N5O2/c28-21(12-16-7-8-16)27-10-3-6-19(27)14-26-15-20(23-24-26)22(29)25-11-9-17-4-1-2-5-18(17)13-25/h1-2,4-5,15-16,19H,3,6-14H2/t19-/m0/s1. The van der Waals surface area contributed by atoms with Crippen LogP contribution in [-0.4, -0.2) is 55.7 Å². The highest BCUT2D eigenvalue weighted by atomic mass is 16.2. The Balaban J connectivity index is 1.22. The average molecular weight is 393 g/mol. The van der Waals surface area contributed by atoms with E-state index in [9.17, 15) is 9.59 Å². The smallest absolute Gasteiger partial charge is 0.276 e. The van der Waals surface area contributed by atoms with Crippen LogP contribution in [0.15, 0.2) is 30.5 Å². The first-order chi connectivity index (χ1) is 14.2. The van der Waals surface area contributed by atoms with Crippen LogP contribution in [0.1, 0.15) is 53.7 Å². The second-order valence-electron chi connectivity index (χ2n) is 8.60. The van der Waals surface area contributed by atoms with Gasteiger partial charge in [0.15, 0.2) is 5.69 Å². The van der Waals surface area contributed by atoms with Crippen LogP contribution in [0.2, 0.25) is 0 Å². The highest BCUT2D eigenvalue weighted by molar-refractivity contribution is 5.92. The number of likely N-dealkylation sites (tertiary alicyclic amines) is 1. The molecule has 0 radical (unpaired) electrons. The summed E-state index contributed by atoms with van der Waals surface area (Å²) in [5, 5.41) is 8.32. The Morgan fingerprint density at radius 3 is 2.72 bits per heavy atom. The maximum atomic E-state index is 12.9. The lowest BCUT2D eigenvalue weighted by Crippen LogP contribution is -2.38. The number of hydrogen-bond donors (Lipinski definition) is 0. The summed E-state index contributed by atoms with van der Waals surface area (Å²) in [6.45, 7) is 2.77. The lowest BCUT2D eigenvalue weighted by Gasteiger charge is -2.28. The Morgan fingerprint density at radius 2 is 1.90 bits per heavy atom. The van der Waals surface area contributed by atoms with Gasteiger partial charge in [0.05, 0.1) is 18.8 Å². The molecular weight excluding hydrogens is 366 g/mol. The van der Waals surface area contributed by atoms with Crippen molar-refractivity contribution < 1.29 is 9.59 Å². The average Bonchev–Trinajstić information content (AvgIpc) is 3.24. The van der Waals surface area contributed by atoms with Crippen molar-refractivity contribution in [2.24, 2.45) is 5.92 Å². The lowest BCUT2D eigenvalue weighted by molar-refractivity contribution is -0.132. The summed E-state index contributed by atoms with van der Waals surface area (Å²) in [6, 6.07) is 8.43. The van der Waals surface area contributed by atoms with Crippen LogP contribution >= 0.6 is 0 Å². The van der Waals surface area contributed by atoms with E-state index in [1.807, 2.05) is 21.9 Å². The van der Waals surface area contributed by atoms with E-state index < -0.39 is 0 Å². The van der Waals surface area contributed by atoms with E-state index >= 15 is 0 Å². The molecule has 1 atom stereocenters. The van der Waals surface area contributed by atoms with Crippen LogP contribution in [0.4, 0.5) is 0 Å². The largest absolute Gasteiger partial charge is 0.338 e. The summed E-state index contributed by atoms with van der Waals surface area (Å²) in [5.74, 6) is 0.811. The first kappa shape index (κ1) is 18.3. The Labute approximate surface area is 170 Å². The maximum Gasteiger partial charge on any atom is 0.276 e. The molecule has 3 aliphatic rings. The summed E-state index contributed by atoms with van der Waals surface area (Å²) in [6.07, 6.45) is 7.71. The van der Waals surface area contributed by atoms with Crippen LogP contribution in [0, 0.1) is 5.92 Å². The molecule has 1 aromatic heterocycles. The van der Waals surface area contributed by atoms with E-state index in [2.05, 4.69) is 22.4 Å². The van der Waals surface area contributed by atoms with E-state index in [0.717, 1.165) is 25.8 Å². The van der Waals surface area contributed by atoms with E-state index in [4.69, 9.17) is 0 Å². The molecule has 2 aromatic rings. The highest BCUT2D eigenvalue weighted by Crippen LogP contribution is 2.34. The summed E-state index contributed by atoms with van der Waals surface area (Å²) in [5.41, 5.74) is 2.91. The lowest BCUT2D eigenvalue weighted by atomic mass is 10.00. The van der Waals surface area contributed by atoms with Gasteiger partial charge in [-0.25, -0.2) is 4.68 Å². The minimum absolute atomic E-state index is 0.0705. The van der Waals surface area contributed by atoms with Crippen molar-refractivity contribution in [1.82, 2.24) is 24.8 Å². The molecule has 1 aromatic carbocycles. The molecule has 5 rings (SSSR count). The highest BCUT2D eigenvalue weighted by Gasteiger charge is 2.33. The van der Waals surface area contributed by atoms with Crippen molar-refractivity contribution in [3.8, 4) is 0 Å². The molecule has 1 saturated heterocycles. The number of amides is 2. The number of hydrogen-bond acceptors (Lipinski definition) is 4. The minimum atomic E-state index is -0.0705. The van der Waals surface area contributed by atoms with E-state index in [1.165, 1.54) is 24.0 Å². The summed E-state index contributed by atoms with van der Waals surface area (Å²) < 4.78 is 1.73. The zero-order valence-electron chi connectivity index (χ0n) is 16.7. The molecule has 7 heteroatoms. The number of nitrogens with zero attached hydrogens (tertiary/aromatic N) is 5. The zero-order chi connectivity index (χ0) is 19.8. The van der Waals surface area contributed by atoms with Crippen LogP contribution in [0.5, 0.6) is 0 Å². The van der Waals surface area contributed by atoms with E-state index in [-0.39, 0.29) is 17.9 Å². The second kappa shape index (κ2) is 7.61. The number of rotatable bonds is 5. The molecular formula is C22H27N5O2. The van der Waals surface area contributed by atoms with Crippen molar-refractivity contribution >= 4 is 11.8 Å². The fraction of sp³-hybridized carbons (Fsp3) is 0.545. The number of carbonyl (C=O) groups excluding carboxylic acids is 2. The van der Waals surface area contributed by atoms with Gasteiger partial charge < -0.3 is 9.80 Å². The van der Waals surface area contributed by atoms with Crippen LogP contribution < -0.4 is 0 Å². The molecule has 0 N–H and O–H groups in total. The van der Waals surface area contributed by atoms with E-state index in [1.54, 1.807) is 10.9 Å². The van der Waals surface area contributed by atoms with Crippen molar-refractivity contribution in [3.05, 3.63) is 47.3 Å². The van der Waals surface area contributed by atoms with Crippen LogP contribution in [0.3, 0.4) is 0 Å². The fourth-order valence-electron chi connectivity index (χ4n) is 4.57. The molecule has 2 aliphatic heterocycles. The van der Waals surface area contributed by atoms with Crippen LogP contribution in [0.25, 0.3) is 0 Å². The van der Waals surface area contributed by atoms with Crippen molar-refractivity contribution in [2.75, 3.05) is 13.1 Å². The van der Waals surface area contributed by atoms with Gasteiger partial charge in [-0.1, -0.05) is 29.5 Å². The molecule has 152 valence electrons. The van der Waals surface area contributed by atoms with Gasteiger partial charge >= 0.3 is 0 Å². The molecule has 1 saturated carbocycles. The monoisotopic (exact) mass is 393 g/mol. The number of benzene rings is 1. The van der Waals surface area contributed by atoms with Crippen molar-refractivity contribution in [1.29, 1.82) is 0 Å². The first-order valence-electron chi connectivity index (χ1n) is 10.7. The summed E-state index contributed by atoms with van der Waals surface area (Å²) >= 11 is 0. The topological polar surface area (TPSA) is 71.3 Å². The normalized spacial score (nSPS) is 21.3.